The SMILES string of the molecule is CCCO[Si](C)(C)Cc1ccccc1. The molecule has 0 bridgehead atoms. The predicted molar refractivity (Wildman–Crippen MR) is 63.9 cm³/mol. The first-order valence-corrected chi connectivity index (χ1v) is 8.43. The summed E-state index contributed by atoms with van der Waals surface area (Å²) in [5.41, 5.74) is 1.40. The van der Waals surface area contributed by atoms with Crippen LogP contribution in [-0.2, 0) is 10.5 Å². The number of benzene rings is 1. The van der Waals surface area contributed by atoms with Crippen LogP contribution in [0.1, 0.15) is 18.9 Å². The summed E-state index contributed by atoms with van der Waals surface area (Å²) >= 11 is 0. The van der Waals surface area contributed by atoms with E-state index in [0.717, 1.165) is 19.1 Å². The molecule has 1 rings (SSSR count). The number of rotatable bonds is 5. The Hall–Kier alpha value is -0.603. The van der Waals surface area contributed by atoms with Gasteiger partial charge in [0.05, 0.1) is 0 Å². The second-order valence-electron chi connectivity index (χ2n) is 4.27. The zero-order chi connectivity index (χ0) is 10.4. The van der Waals surface area contributed by atoms with Crippen molar-refractivity contribution in [1.82, 2.24) is 0 Å². The van der Waals surface area contributed by atoms with Crippen molar-refractivity contribution in [3.05, 3.63) is 35.9 Å². The highest BCUT2D eigenvalue weighted by Gasteiger charge is 2.22. The Morgan fingerprint density at radius 3 is 2.36 bits per heavy atom. The maximum absolute atomic E-state index is 5.92. The molecule has 14 heavy (non-hydrogen) atoms. The summed E-state index contributed by atoms with van der Waals surface area (Å²) in [5, 5.41) is 0. The Morgan fingerprint density at radius 1 is 1.14 bits per heavy atom. The molecule has 2 heteroatoms. The summed E-state index contributed by atoms with van der Waals surface area (Å²) in [4.78, 5) is 0. The molecule has 0 fully saturated rings. The topological polar surface area (TPSA) is 9.23 Å². The fraction of sp³-hybridized carbons (Fsp3) is 0.500. The predicted octanol–water partition coefficient (Wildman–Crippen LogP) is 3.40. The minimum Gasteiger partial charge on any atom is -0.417 e. The molecule has 78 valence electrons. The lowest BCUT2D eigenvalue weighted by atomic mass is 10.2. The first-order chi connectivity index (χ1) is 6.64. The van der Waals surface area contributed by atoms with Gasteiger partial charge in [-0.15, -0.1) is 0 Å². The summed E-state index contributed by atoms with van der Waals surface area (Å²) in [6.45, 7) is 7.64. The lowest BCUT2D eigenvalue weighted by molar-refractivity contribution is 0.306. The molecule has 0 aliphatic rings. The van der Waals surface area contributed by atoms with Gasteiger partial charge >= 0.3 is 0 Å². The Bertz CT molecular complexity index is 256. The molecular weight excluding hydrogens is 188 g/mol. The van der Waals surface area contributed by atoms with Gasteiger partial charge in [0.15, 0.2) is 8.32 Å². The van der Waals surface area contributed by atoms with Crippen LogP contribution in [-0.4, -0.2) is 14.9 Å². The van der Waals surface area contributed by atoms with E-state index >= 15 is 0 Å². The van der Waals surface area contributed by atoms with Crippen LogP contribution in [0.3, 0.4) is 0 Å². The fourth-order valence-corrected chi connectivity index (χ4v) is 3.59. The molecular formula is C12H20OSi. The van der Waals surface area contributed by atoms with Crippen LogP contribution in [0.15, 0.2) is 30.3 Å². The van der Waals surface area contributed by atoms with E-state index in [1.54, 1.807) is 0 Å². The minimum absolute atomic E-state index is 0.909. The van der Waals surface area contributed by atoms with E-state index < -0.39 is 8.32 Å². The van der Waals surface area contributed by atoms with Gasteiger partial charge in [-0.1, -0.05) is 37.3 Å². The van der Waals surface area contributed by atoms with Crippen LogP contribution >= 0.6 is 0 Å². The monoisotopic (exact) mass is 208 g/mol. The van der Waals surface area contributed by atoms with E-state index in [1.807, 2.05) is 0 Å². The fourth-order valence-electron chi connectivity index (χ4n) is 1.52. The standard InChI is InChI=1S/C12H20OSi/c1-4-10-13-14(2,3)11-12-8-6-5-7-9-12/h5-9H,4,10-11H2,1-3H3. The van der Waals surface area contributed by atoms with Gasteiger partial charge in [-0.2, -0.15) is 0 Å². The zero-order valence-electron chi connectivity index (χ0n) is 9.42. The van der Waals surface area contributed by atoms with Crippen molar-refractivity contribution < 1.29 is 4.43 Å². The van der Waals surface area contributed by atoms with Gasteiger partial charge in [0.25, 0.3) is 0 Å². The second kappa shape index (κ2) is 5.32. The van der Waals surface area contributed by atoms with Crippen LogP contribution in [0.5, 0.6) is 0 Å². The molecule has 0 unspecified atom stereocenters. The Morgan fingerprint density at radius 2 is 1.79 bits per heavy atom. The van der Waals surface area contributed by atoms with Gasteiger partial charge in [-0.3, -0.25) is 0 Å². The van der Waals surface area contributed by atoms with Crippen molar-refractivity contribution in [2.45, 2.75) is 32.5 Å². The molecule has 0 aliphatic heterocycles. The van der Waals surface area contributed by atoms with Gasteiger partial charge in [0, 0.05) is 6.61 Å². The van der Waals surface area contributed by atoms with Crippen molar-refractivity contribution in [2.75, 3.05) is 6.61 Å². The average Bonchev–Trinajstić information content (AvgIpc) is 2.16. The zero-order valence-corrected chi connectivity index (χ0v) is 10.4. The van der Waals surface area contributed by atoms with Gasteiger partial charge in [-0.25, -0.2) is 0 Å². The molecule has 0 heterocycles. The molecule has 0 aromatic heterocycles. The quantitative estimate of drug-likeness (QED) is 0.674. The summed E-state index contributed by atoms with van der Waals surface area (Å²) in [5.74, 6) is 0. The second-order valence-corrected chi connectivity index (χ2v) is 8.43. The highest BCUT2D eigenvalue weighted by molar-refractivity contribution is 6.70. The first kappa shape index (κ1) is 11.5. The summed E-state index contributed by atoms with van der Waals surface area (Å²) < 4.78 is 5.92. The van der Waals surface area contributed by atoms with Crippen molar-refractivity contribution in [3.8, 4) is 0 Å². The molecule has 0 N–H and O–H groups in total. The minimum atomic E-state index is -1.47. The van der Waals surface area contributed by atoms with Crippen LogP contribution in [0.2, 0.25) is 13.1 Å². The molecule has 1 aromatic carbocycles. The Labute approximate surface area is 88.2 Å². The van der Waals surface area contributed by atoms with E-state index in [0.29, 0.717) is 0 Å². The smallest absolute Gasteiger partial charge is 0.190 e. The molecule has 0 spiro atoms. The summed E-state index contributed by atoms with van der Waals surface area (Å²) in [6.07, 6.45) is 1.12. The van der Waals surface area contributed by atoms with Crippen molar-refractivity contribution in [2.24, 2.45) is 0 Å². The van der Waals surface area contributed by atoms with Crippen molar-refractivity contribution in [3.63, 3.8) is 0 Å². The third-order valence-corrected chi connectivity index (χ3v) is 4.41. The lowest BCUT2D eigenvalue weighted by Gasteiger charge is -2.22. The van der Waals surface area contributed by atoms with Crippen molar-refractivity contribution >= 4 is 8.32 Å². The molecule has 0 saturated carbocycles. The normalized spacial score (nSPS) is 11.6. The molecule has 0 atom stereocenters. The lowest BCUT2D eigenvalue weighted by Crippen LogP contribution is -2.34. The molecule has 0 saturated heterocycles. The molecule has 1 aromatic rings. The third kappa shape index (κ3) is 4.07. The van der Waals surface area contributed by atoms with Crippen LogP contribution in [0.4, 0.5) is 0 Å². The van der Waals surface area contributed by atoms with Gasteiger partial charge in [0.1, 0.15) is 0 Å². The molecule has 1 nitrogen and oxygen atoms in total. The Kier molecular flexibility index (Phi) is 4.36. The van der Waals surface area contributed by atoms with Gasteiger partial charge < -0.3 is 4.43 Å². The maximum Gasteiger partial charge on any atom is 0.190 e. The molecule has 0 aliphatic carbocycles. The highest BCUT2D eigenvalue weighted by Crippen LogP contribution is 2.13. The number of hydrogen-bond donors (Lipinski definition) is 0. The van der Waals surface area contributed by atoms with Crippen LogP contribution in [0, 0.1) is 0 Å². The largest absolute Gasteiger partial charge is 0.417 e. The Balaban J connectivity index is 2.50. The van der Waals surface area contributed by atoms with E-state index in [1.165, 1.54) is 5.56 Å². The highest BCUT2D eigenvalue weighted by atomic mass is 28.4. The third-order valence-electron chi connectivity index (χ3n) is 2.17. The average molecular weight is 208 g/mol. The summed E-state index contributed by atoms with van der Waals surface area (Å²) in [6, 6.07) is 11.7. The first-order valence-electron chi connectivity index (χ1n) is 5.32. The maximum atomic E-state index is 5.92. The van der Waals surface area contributed by atoms with E-state index in [-0.39, 0.29) is 0 Å². The van der Waals surface area contributed by atoms with E-state index in [9.17, 15) is 0 Å². The van der Waals surface area contributed by atoms with Crippen LogP contribution < -0.4 is 0 Å². The van der Waals surface area contributed by atoms with E-state index in [2.05, 4.69) is 50.3 Å². The van der Waals surface area contributed by atoms with Crippen molar-refractivity contribution in [1.29, 1.82) is 0 Å². The number of hydrogen-bond acceptors (Lipinski definition) is 1. The van der Waals surface area contributed by atoms with Gasteiger partial charge in [0.2, 0.25) is 0 Å². The molecule has 0 amide bonds. The summed E-state index contributed by atoms with van der Waals surface area (Å²) in [7, 11) is -1.47. The van der Waals surface area contributed by atoms with Gasteiger partial charge in [-0.05, 0) is 31.1 Å². The molecule has 0 radical (unpaired) electrons. The van der Waals surface area contributed by atoms with E-state index in [4.69, 9.17) is 4.43 Å². The van der Waals surface area contributed by atoms with Crippen LogP contribution in [0.25, 0.3) is 0 Å².